The van der Waals surface area contributed by atoms with Crippen molar-refractivity contribution in [1.29, 1.82) is 0 Å². The number of likely N-dealkylation sites (tertiary alicyclic amines) is 1. The number of ether oxygens (including phenoxy) is 2. The Morgan fingerprint density at radius 2 is 1.67 bits per heavy atom. The summed E-state index contributed by atoms with van der Waals surface area (Å²) in [5.41, 5.74) is 0. The molecule has 2 fully saturated rings. The number of rotatable bonds is 9. The predicted molar refractivity (Wildman–Crippen MR) is 107 cm³/mol. The van der Waals surface area contributed by atoms with Gasteiger partial charge >= 0.3 is 0 Å². The summed E-state index contributed by atoms with van der Waals surface area (Å²) < 4.78 is 11.1. The number of amides is 1. The normalized spacial score (nSPS) is 19.1. The largest absolute Gasteiger partial charge is 0.494 e. The van der Waals surface area contributed by atoms with Gasteiger partial charge in [-0.05, 0) is 62.3 Å². The number of piperidine rings is 1. The molecule has 0 atom stereocenters. The van der Waals surface area contributed by atoms with E-state index in [4.69, 9.17) is 9.47 Å². The Balaban J connectivity index is 1.31. The molecule has 1 aromatic carbocycles. The first-order valence-electron chi connectivity index (χ1n) is 10.6. The van der Waals surface area contributed by atoms with Crippen LogP contribution in [-0.4, -0.2) is 49.7 Å². The van der Waals surface area contributed by atoms with Gasteiger partial charge in [0, 0.05) is 25.7 Å². The second-order valence-electron chi connectivity index (χ2n) is 7.90. The maximum atomic E-state index is 12.2. The van der Waals surface area contributed by atoms with Crippen LogP contribution in [0.3, 0.4) is 0 Å². The molecule has 0 spiro atoms. The minimum atomic E-state index is -0.0319. The minimum Gasteiger partial charge on any atom is -0.494 e. The zero-order valence-corrected chi connectivity index (χ0v) is 16.6. The van der Waals surface area contributed by atoms with Crippen LogP contribution in [0.25, 0.3) is 0 Å². The summed E-state index contributed by atoms with van der Waals surface area (Å²) in [6.45, 7) is 6.31. The fraction of sp³-hybridized carbons (Fsp3) is 0.682. The second kappa shape index (κ2) is 10.5. The quantitative estimate of drug-likeness (QED) is 0.717. The van der Waals surface area contributed by atoms with E-state index in [0.717, 1.165) is 44.0 Å². The lowest BCUT2D eigenvalue weighted by atomic mass is 10.0. The molecule has 5 nitrogen and oxygen atoms in total. The van der Waals surface area contributed by atoms with Gasteiger partial charge < -0.3 is 19.7 Å². The fourth-order valence-electron chi connectivity index (χ4n) is 4.09. The molecule has 2 aliphatic rings. The van der Waals surface area contributed by atoms with E-state index >= 15 is 0 Å². The molecule has 5 heteroatoms. The van der Waals surface area contributed by atoms with E-state index in [1.165, 1.54) is 32.2 Å². The number of carbonyl (C=O) groups is 1. The highest BCUT2D eigenvalue weighted by atomic mass is 16.5. The lowest BCUT2D eigenvalue weighted by Crippen LogP contribution is -2.46. The van der Waals surface area contributed by atoms with Crippen molar-refractivity contribution >= 4 is 5.91 Å². The molecular weight excluding hydrogens is 340 g/mol. The van der Waals surface area contributed by atoms with Gasteiger partial charge in [0.2, 0.25) is 0 Å². The van der Waals surface area contributed by atoms with E-state index in [9.17, 15) is 4.79 Å². The van der Waals surface area contributed by atoms with Crippen LogP contribution in [-0.2, 0) is 4.79 Å². The van der Waals surface area contributed by atoms with E-state index in [1.54, 1.807) is 0 Å². The SMILES string of the molecule is CCCOc1ccc(OCC(=O)NC2CCN(CC3CCCC3)CC2)cc1. The summed E-state index contributed by atoms with van der Waals surface area (Å²) in [5, 5.41) is 3.13. The van der Waals surface area contributed by atoms with Crippen molar-refractivity contribution < 1.29 is 14.3 Å². The zero-order chi connectivity index (χ0) is 18.9. The summed E-state index contributed by atoms with van der Waals surface area (Å²) in [6, 6.07) is 7.73. The van der Waals surface area contributed by atoms with Gasteiger partial charge in [0.25, 0.3) is 5.91 Å². The smallest absolute Gasteiger partial charge is 0.258 e. The Bertz CT molecular complexity index is 561. The monoisotopic (exact) mass is 374 g/mol. The summed E-state index contributed by atoms with van der Waals surface area (Å²) in [6.07, 6.45) is 8.69. The lowest BCUT2D eigenvalue weighted by Gasteiger charge is -2.33. The highest BCUT2D eigenvalue weighted by Gasteiger charge is 2.24. The van der Waals surface area contributed by atoms with Gasteiger partial charge in [0.05, 0.1) is 6.61 Å². The Hall–Kier alpha value is -1.75. The van der Waals surface area contributed by atoms with E-state index < -0.39 is 0 Å². The topological polar surface area (TPSA) is 50.8 Å². The second-order valence-corrected chi connectivity index (χ2v) is 7.90. The Morgan fingerprint density at radius 3 is 2.30 bits per heavy atom. The van der Waals surface area contributed by atoms with Gasteiger partial charge in [-0.1, -0.05) is 19.8 Å². The highest BCUT2D eigenvalue weighted by Crippen LogP contribution is 2.26. The first-order valence-corrected chi connectivity index (χ1v) is 10.6. The maximum Gasteiger partial charge on any atom is 0.258 e. The molecule has 3 rings (SSSR count). The molecule has 1 amide bonds. The molecule has 1 heterocycles. The van der Waals surface area contributed by atoms with E-state index in [2.05, 4.69) is 17.1 Å². The molecule has 150 valence electrons. The van der Waals surface area contributed by atoms with Gasteiger partial charge in [-0.2, -0.15) is 0 Å². The lowest BCUT2D eigenvalue weighted by molar-refractivity contribution is -0.124. The van der Waals surface area contributed by atoms with Gasteiger partial charge in [-0.3, -0.25) is 4.79 Å². The molecule has 1 saturated heterocycles. The average Bonchev–Trinajstić information content (AvgIpc) is 3.20. The molecular formula is C22H34N2O3. The maximum absolute atomic E-state index is 12.2. The standard InChI is InChI=1S/C22H34N2O3/c1-2-15-26-20-7-9-21(10-8-20)27-17-22(25)23-19-11-13-24(14-12-19)16-18-5-3-4-6-18/h7-10,18-19H,2-6,11-17H2,1H3,(H,23,25). The Labute approximate surface area is 163 Å². The molecule has 0 bridgehead atoms. The van der Waals surface area contributed by atoms with Crippen molar-refractivity contribution in [2.45, 2.75) is 57.9 Å². The van der Waals surface area contributed by atoms with Crippen molar-refractivity contribution in [2.24, 2.45) is 5.92 Å². The molecule has 27 heavy (non-hydrogen) atoms. The summed E-state index contributed by atoms with van der Waals surface area (Å²) >= 11 is 0. The van der Waals surface area contributed by atoms with Crippen molar-refractivity contribution in [3.8, 4) is 11.5 Å². The van der Waals surface area contributed by atoms with Gasteiger partial charge in [-0.15, -0.1) is 0 Å². The molecule has 0 aromatic heterocycles. The van der Waals surface area contributed by atoms with Crippen molar-refractivity contribution in [2.75, 3.05) is 32.8 Å². The van der Waals surface area contributed by atoms with Crippen LogP contribution in [0.5, 0.6) is 11.5 Å². The molecule has 1 saturated carbocycles. The summed E-state index contributed by atoms with van der Waals surface area (Å²) in [7, 11) is 0. The van der Waals surface area contributed by atoms with Crippen LogP contribution in [0.2, 0.25) is 0 Å². The van der Waals surface area contributed by atoms with Crippen LogP contribution in [0.1, 0.15) is 51.9 Å². The first kappa shape index (κ1) is 20.0. The number of benzene rings is 1. The number of hydrogen-bond donors (Lipinski definition) is 1. The fourth-order valence-corrected chi connectivity index (χ4v) is 4.09. The summed E-state index contributed by atoms with van der Waals surface area (Å²) in [5.74, 6) is 2.40. The van der Waals surface area contributed by atoms with Crippen LogP contribution >= 0.6 is 0 Å². The van der Waals surface area contributed by atoms with Crippen molar-refractivity contribution in [1.82, 2.24) is 10.2 Å². The van der Waals surface area contributed by atoms with E-state index in [-0.39, 0.29) is 18.6 Å². The Morgan fingerprint density at radius 1 is 1.04 bits per heavy atom. The van der Waals surface area contributed by atoms with Gasteiger partial charge in [0.15, 0.2) is 6.61 Å². The zero-order valence-electron chi connectivity index (χ0n) is 16.6. The minimum absolute atomic E-state index is 0.0319. The molecule has 0 radical (unpaired) electrons. The molecule has 1 aliphatic heterocycles. The predicted octanol–water partition coefficient (Wildman–Crippen LogP) is 3.63. The highest BCUT2D eigenvalue weighted by molar-refractivity contribution is 5.77. The van der Waals surface area contributed by atoms with Gasteiger partial charge in [0.1, 0.15) is 11.5 Å². The number of hydrogen-bond acceptors (Lipinski definition) is 4. The number of nitrogens with one attached hydrogen (secondary N) is 1. The molecule has 1 aromatic rings. The van der Waals surface area contributed by atoms with E-state index in [1.807, 2.05) is 24.3 Å². The van der Waals surface area contributed by atoms with Crippen molar-refractivity contribution in [3.63, 3.8) is 0 Å². The van der Waals surface area contributed by atoms with Crippen LogP contribution in [0, 0.1) is 5.92 Å². The number of carbonyl (C=O) groups excluding carboxylic acids is 1. The van der Waals surface area contributed by atoms with Crippen LogP contribution in [0.15, 0.2) is 24.3 Å². The molecule has 1 aliphatic carbocycles. The summed E-state index contributed by atoms with van der Waals surface area (Å²) in [4.78, 5) is 14.8. The first-order chi connectivity index (χ1) is 13.2. The molecule has 0 unspecified atom stereocenters. The number of nitrogens with zero attached hydrogens (tertiary/aromatic N) is 1. The average molecular weight is 375 g/mol. The van der Waals surface area contributed by atoms with Crippen LogP contribution in [0.4, 0.5) is 0 Å². The van der Waals surface area contributed by atoms with Gasteiger partial charge in [-0.25, -0.2) is 0 Å². The molecule has 1 N–H and O–H groups in total. The third-order valence-electron chi connectivity index (χ3n) is 5.61. The third-order valence-corrected chi connectivity index (χ3v) is 5.61. The van der Waals surface area contributed by atoms with Crippen molar-refractivity contribution in [3.05, 3.63) is 24.3 Å². The van der Waals surface area contributed by atoms with Crippen LogP contribution < -0.4 is 14.8 Å². The third kappa shape index (κ3) is 6.73. The Kier molecular flexibility index (Phi) is 7.81. The van der Waals surface area contributed by atoms with E-state index in [0.29, 0.717) is 12.4 Å².